The van der Waals surface area contributed by atoms with E-state index in [2.05, 4.69) is 15.6 Å². The summed E-state index contributed by atoms with van der Waals surface area (Å²) in [5, 5.41) is 6.68. The monoisotopic (exact) mass is 331 g/mol. The molecule has 5 nitrogen and oxygen atoms in total. The Morgan fingerprint density at radius 2 is 1.81 bits per heavy atom. The van der Waals surface area contributed by atoms with E-state index in [1.165, 1.54) is 12.1 Å². The van der Waals surface area contributed by atoms with Crippen molar-refractivity contribution >= 4 is 27.4 Å². The van der Waals surface area contributed by atoms with Gasteiger partial charge in [-0.1, -0.05) is 11.6 Å². The standard InChI is InChI=1S/C14H22ClN3O2S/c1-14(2,3)18-13(16-4)17-9-10-21(19,20)12-7-5-11(15)6-8-12/h5-8H,9-10H2,1-4H3,(H2,16,17,18). The van der Waals surface area contributed by atoms with E-state index in [1.807, 2.05) is 20.8 Å². The highest BCUT2D eigenvalue weighted by Crippen LogP contribution is 2.15. The van der Waals surface area contributed by atoms with Crippen LogP contribution >= 0.6 is 11.6 Å². The summed E-state index contributed by atoms with van der Waals surface area (Å²) in [5.41, 5.74) is -0.142. The number of guanidine groups is 1. The first kappa shape index (κ1) is 17.8. The molecule has 0 aliphatic heterocycles. The van der Waals surface area contributed by atoms with Gasteiger partial charge in [0.15, 0.2) is 15.8 Å². The zero-order valence-corrected chi connectivity index (χ0v) is 14.3. The number of halogens is 1. The lowest BCUT2D eigenvalue weighted by molar-refractivity contribution is 0.502. The summed E-state index contributed by atoms with van der Waals surface area (Å²) in [6.45, 7) is 6.29. The van der Waals surface area contributed by atoms with E-state index in [1.54, 1.807) is 19.2 Å². The quantitative estimate of drug-likeness (QED) is 0.654. The van der Waals surface area contributed by atoms with Gasteiger partial charge in [-0.3, -0.25) is 4.99 Å². The third kappa shape index (κ3) is 6.35. The van der Waals surface area contributed by atoms with E-state index in [-0.39, 0.29) is 22.7 Å². The summed E-state index contributed by atoms with van der Waals surface area (Å²) < 4.78 is 24.3. The smallest absolute Gasteiger partial charge is 0.191 e. The summed E-state index contributed by atoms with van der Waals surface area (Å²) in [6.07, 6.45) is 0. The maximum atomic E-state index is 12.2. The molecule has 0 heterocycles. The Kier molecular flexibility index (Phi) is 6.04. The summed E-state index contributed by atoms with van der Waals surface area (Å²) >= 11 is 5.76. The topological polar surface area (TPSA) is 70.6 Å². The van der Waals surface area contributed by atoms with Gasteiger partial charge in [-0.15, -0.1) is 0 Å². The van der Waals surface area contributed by atoms with Crippen LogP contribution in [0.5, 0.6) is 0 Å². The number of rotatable bonds is 4. The Balaban J connectivity index is 2.60. The van der Waals surface area contributed by atoms with E-state index < -0.39 is 9.84 Å². The molecule has 0 aromatic heterocycles. The molecule has 0 bridgehead atoms. The maximum absolute atomic E-state index is 12.2. The average molecular weight is 332 g/mol. The van der Waals surface area contributed by atoms with Crippen LogP contribution in [0.15, 0.2) is 34.2 Å². The molecular weight excluding hydrogens is 310 g/mol. The fraction of sp³-hybridized carbons (Fsp3) is 0.500. The van der Waals surface area contributed by atoms with E-state index in [0.717, 1.165) is 0 Å². The Bertz CT molecular complexity index is 590. The van der Waals surface area contributed by atoms with Gasteiger partial charge in [0.25, 0.3) is 0 Å². The number of hydrogen-bond donors (Lipinski definition) is 2. The van der Waals surface area contributed by atoms with Crippen LogP contribution in [0.4, 0.5) is 0 Å². The fourth-order valence-corrected chi connectivity index (χ4v) is 2.88. The van der Waals surface area contributed by atoms with E-state index in [0.29, 0.717) is 11.0 Å². The molecule has 1 rings (SSSR count). The molecular formula is C14H22ClN3O2S. The Morgan fingerprint density at radius 1 is 1.24 bits per heavy atom. The van der Waals surface area contributed by atoms with Crippen molar-refractivity contribution in [2.24, 2.45) is 4.99 Å². The first-order chi connectivity index (χ1) is 9.64. The van der Waals surface area contributed by atoms with Crippen LogP contribution in [0, 0.1) is 0 Å². The van der Waals surface area contributed by atoms with Crippen LogP contribution in [0.25, 0.3) is 0 Å². The largest absolute Gasteiger partial charge is 0.355 e. The molecule has 0 saturated heterocycles. The van der Waals surface area contributed by atoms with Crippen molar-refractivity contribution in [2.45, 2.75) is 31.2 Å². The molecule has 7 heteroatoms. The Morgan fingerprint density at radius 3 is 2.29 bits per heavy atom. The number of sulfone groups is 1. The van der Waals surface area contributed by atoms with Gasteiger partial charge in [-0.05, 0) is 45.0 Å². The first-order valence-corrected chi connectivity index (χ1v) is 8.64. The molecule has 0 radical (unpaired) electrons. The molecule has 1 aromatic carbocycles. The molecule has 118 valence electrons. The van der Waals surface area contributed by atoms with Crippen molar-refractivity contribution in [1.29, 1.82) is 0 Å². The summed E-state index contributed by atoms with van der Waals surface area (Å²) in [4.78, 5) is 4.33. The predicted molar refractivity (Wildman–Crippen MR) is 87.8 cm³/mol. The van der Waals surface area contributed by atoms with E-state index in [9.17, 15) is 8.42 Å². The molecule has 0 amide bonds. The fourth-order valence-electron chi connectivity index (χ4n) is 1.60. The SMILES string of the molecule is CN=C(NCCS(=O)(=O)c1ccc(Cl)cc1)NC(C)(C)C. The zero-order chi connectivity index (χ0) is 16.1. The summed E-state index contributed by atoms with van der Waals surface area (Å²) in [5.74, 6) is 0.563. The van der Waals surface area contributed by atoms with Gasteiger partial charge in [0.05, 0.1) is 10.6 Å². The zero-order valence-electron chi connectivity index (χ0n) is 12.8. The van der Waals surface area contributed by atoms with Crippen LogP contribution in [0.2, 0.25) is 5.02 Å². The number of nitrogens with zero attached hydrogens (tertiary/aromatic N) is 1. The summed E-state index contributed by atoms with van der Waals surface area (Å²) in [6, 6.07) is 6.17. The second-order valence-corrected chi connectivity index (χ2v) is 8.19. The highest BCUT2D eigenvalue weighted by Gasteiger charge is 2.15. The van der Waals surface area contributed by atoms with Crippen molar-refractivity contribution in [3.05, 3.63) is 29.3 Å². The van der Waals surface area contributed by atoms with Crippen LogP contribution in [0.3, 0.4) is 0 Å². The van der Waals surface area contributed by atoms with Gasteiger partial charge in [-0.25, -0.2) is 8.42 Å². The van der Waals surface area contributed by atoms with Gasteiger partial charge in [0, 0.05) is 24.2 Å². The lowest BCUT2D eigenvalue weighted by Crippen LogP contribution is -2.48. The van der Waals surface area contributed by atoms with Gasteiger partial charge < -0.3 is 10.6 Å². The molecule has 1 aromatic rings. The minimum Gasteiger partial charge on any atom is -0.355 e. The molecule has 0 aliphatic rings. The third-order valence-corrected chi connectivity index (χ3v) is 4.54. The van der Waals surface area contributed by atoms with E-state index in [4.69, 9.17) is 11.6 Å². The van der Waals surface area contributed by atoms with Crippen LogP contribution in [-0.2, 0) is 9.84 Å². The second kappa shape index (κ2) is 7.13. The Hall–Kier alpha value is -1.27. The Labute approximate surface area is 131 Å². The summed E-state index contributed by atoms with van der Waals surface area (Å²) in [7, 11) is -1.68. The van der Waals surface area contributed by atoms with Gasteiger partial charge in [0.2, 0.25) is 0 Å². The highest BCUT2D eigenvalue weighted by molar-refractivity contribution is 7.91. The second-order valence-electron chi connectivity index (χ2n) is 5.65. The minimum atomic E-state index is -3.33. The molecule has 0 fully saturated rings. The average Bonchev–Trinajstić information content (AvgIpc) is 2.36. The molecule has 0 saturated carbocycles. The first-order valence-electron chi connectivity index (χ1n) is 6.61. The van der Waals surface area contributed by atoms with E-state index >= 15 is 0 Å². The van der Waals surface area contributed by atoms with Crippen molar-refractivity contribution in [1.82, 2.24) is 10.6 Å². The number of nitrogens with one attached hydrogen (secondary N) is 2. The normalized spacial score (nSPS) is 13.1. The minimum absolute atomic E-state index is 0.0144. The number of aliphatic imine (C=N–C) groups is 1. The molecule has 0 aliphatic carbocycles. The van der Waals surface area contributed by atoms with Crippen LogP contribution in [-0.4, -0.2) is 39.3 Å². The number of hydrogen-bond acceptors (Lipinski definition) is 3. The molecule has 0 spiro atoms. The maximum Gasteiger partial charge on any atom is 0.191 e. The molecule has 0 atom stereocenters. The lowest BCUT2D eigenvalue weighted by Gasteiger charge is -2.23. The van der Waals surface area contributed by atoms with Crippen molar-refractivity contribution < 1.29 is 8.42 Å². The molecule has 2 N–H and O–H groups in total. The van der Waals surface area contributed by atoms with Gasteiger partial charge >= 0.3 is 0 Å². The highest BCUT2D eigenvalue weighted by atomic mass is 35.5. The third-order valence-electron chi connectivity index (χ3n) is 2.55. The molecule has 0 unspecified atom stereocenters. The number of benzene rings is 1. The predicted octanol–water partition coefficient (Wildman–Crippen LogP) is 2.08. The molecule has 21 heavy (non-hydrogen) atoms. The van der Waals surface area contributed by atoms with Crippen molar-refractivity contribution in [3.63, 3.8) is 0 Å². The van der Waals surface area contributed by atoms with Crippen molar-refractivity contribution in [3.8, 4) is 0 Å². The lowest BCUT2D eigenvalue weighted by atomic mass is 10.1. The van der Waals surface area contributed by atoms with Crippen LogP contribution in [0.1, 0.15) is 20.8 Å². The van der Waals surface area contributed by atoms with Gasteiger partial charge in [-0.2, -0.15) is 0 Å². The van der Waals surface area contributed by atoms with Crippen LogP contribution < -0.4 is 10.6 Å². The van der Waals surface area contributed by atoms with Crippen molar-refractivity contribution in [2.75, 3.05) is 19.3 Å². The van der Waals surface area contributed by atoms with Gasteiger partial charge in [0.1, 0.15) is 0 Å².